The highest BCUT2D eigenvalue weighted by molar-refractivity contribution is 6.02. The van der Waals surface area contributed by atoms with Crippen LogP contribution in [0.25, 0.3) is 0 Å². The second-order valence-electron chi connectivity index (χ2n) is 5.72. The average molecular weight is 257 g/mol. The summed E-state index contributed by atoms with van der Waals surface area (Å²) in [7, 11) is 0. The van der Waals surface area contributed by atoms with Gasteiger partial charge in [-0.15, -0.1) is 0 Å². The van der Waals surface area contributed by atoms with Crippen molar-refractivity contribution in [3.63, 3.8) is 0 Å². The van der Waals surface area contributed by atoms with Crippen LogP contribution in [0.15, 0.2) is 18.2 Å². The largest absolute Gasteiger partial charge is 0.352 e. The molecule has 0 spiro atoms. The van der Waals surface area contributed by atoms with Crippen LogP contribution >= 0.6 is 0 Å². The van der Waals surface area contributed by atoms with E-state index < -0.39 is 0 Å². The first kappa shape index (κ1) is 12.4. The third-order valence-electron chi connectivity index (χ3n) is 4.29. The summed E-state index contributed by atoms with van der Waals surface area (Å²) in [6.45, 7) is 2.72. The monoisotopic (exact) mass is 257 g/mol. The lowest BCUT2D eigenvalue weighted by atomic mass is 9.92. The SMILES string of the molecule is CC(C(=O)c1ccc2c(c1)C(=O)NCCC2)C1CC1. The van der Waals surface area contributed by atoms with Gasteiger partial charge in [0.15, 0.2) is 5.78 Å². The van der Waals surface area contributed by atoms with Crippen molar-refractivity contribution in [1.29, 1.82) is 0 Å². The van der Waals surface area contributed by atoms with Crippen LogP contribution in [0.2, 0.25) is 0 Å². The van der Waals surface area contributed by atoms with E-state index in [1.54, 1.807) is 6.07 Å². The second-order valence-corrected chi connectivity index (χ2v) is 5.72. The maximum Gasteiger partial charge on any atom is 0.251 e. The van der Waals surface area contributed by atoms with Crippen molar-refractivity contribution in [3.8, 4) is 0 Å². The Labute approximate surface area is 113 Å². The van der Waals surface area contributed by atoms with E-state index in [2.05, 4.69) is 5.32 Å². The zero-order valence-corrected chi connectivity index (χ0v) is 11.2. The van der Waals surface area contributed by atoms with Crippen LogP contribution in [0.1, 0.15) is 52.5 Å². The van der Waals surface area contributed by atoms with Gasteiger partial charge in [-0.05, 0) is 43.2 Å². The number of amides is 1. The van der Waals surface area contributed by atoms with Crippen LogP contribution in [0.5, 0.6) is 0 Å². The highest BCUT2D eigenvalue weighted by atomic mass is 16.1. The lowest BCUT2D eigenvalue weighted by molar-refractivity contribution is 0.0916. The molecule has 19 heavy (non-hydrogen) atoms. The summed E-state index contributed by atoms with van der Waals surface area (Å²) < 4.78 is 0. The van der Waals surface area contributed by atoms with Crippen molar-refractivity contribution in [2.24, 2.45) is 11.8 Å². The predicted molar refractivity (Wildman–Crippen MR) is 73.3 cm³/mol. The lowest BCUT2D eigenvalue weighted by Gasteiger charge is -2.11. The highest BCUT2D eigenvalue weighted by Crippen LogP contribution is 2.38. The summed E-state index contributed by atoms with van der Waals surface area (Å²) in [6.07, 6.45) is 4.20. The molecule has 0 bridgehead atoms. The number of carbonyl (C=O) groups excluding carboxylic acids is 2. The van der Waals surface area contributed by atoms with Gasteiger partial charge >= 0.3 is 0 Å². The first-order valence-corrected chi connectivity index (χ1v) is 7.12. The Bertz CT molecular complexity index is 532. The van der Waals surface area contributed by atoms with Gasteiger partial charge in [-0.1, -0.05) is 19.1 Å². The zero-order chi connectivity index (χ0) is 13.4. The van der Waals surface area contributed by atoms with Crippen LogP contribution in [0.3, 0.4) is 0 Å². The maximum absolute atomic E-state index is 12.4. The van der Waals surface area contributed by atoms with E-state index in [4.69, 9.17) is 0 Å². The van der Waals surface area contributed by atoms with Crippen molar-refractivity contribution in [1.82, 2.24) is 5.32 Å². The van der Waals surface area contributed by atoms with Crippen LogP contribution in [0, 0.1) is 11.8 Å². The van der Waals surface area contributed by atoms with Gasteiger partial charge in [0.2, 0.25) is 0 Å². The summed E-state index contributed by atoms with van der Waals surface area (Å²) in [6, 6.07) is 5.63. The number of hydrogen-bond acceptors (Lipinski definition) is 2. The Morgan fingerprint density at radius 2 is 2.16 bits per heavy atom. The molecule has 1 saturated carbocycles. The van der Waals surface area contributed by atoms with Crippen molar-refractivity contribution < 1.29 is 9.59 Å². The van der Waals surface area contributed by atoms with Crippen LogP contribution in [-0.4, -0.2) is 18.2 Å². The normalized spacial score (nSPS) is 20.2. The molecule has 1 fully saturated rings. The molecule has 1 aliphatic carbocycles. The molecule has 2 aliphatic rings. The molecule has 0 saturated heterocycles. The van der Waals surface area contributed by atoms with Crippen molar-refractivity contribution >= 4 is 11.7 Å². The van der Waals surface area contributed by atoms with Crippen LogP contribution in [0.4, 0.5) is 0 Å². The Balaban J connectivity index is 1.91. The van der Waals surface area contributed by atoms with E-state index >= 15 is 0 Å². The van der Waals surface area contributed by atoms with Gasteiger partial charge in [-0.3, -0.25) is 9.59 Å². The first-order valence-electron chi connectivity index (χ1n) is 7.12. The van der Waals surface area contributed by atoms with Gasteiger partial charge in [-0.2, -0.15) is 0 Å². The van der Waals surface area contributed by atoms with Crippen LogP contribution < -0.4 is 5.32 Å². The number of fused-ring (bicyclic) bond motifs is 1. The number of hydrogen-bond donors (Lipinski definition) is 1. The fraction of sp³-hybridized carbons (Fsp3) is 0.500. The van der Waals surface area contributed by atoms with E-state index in [-0.39, 0.29) is 17.6 Å². The summed E-state index contributed by atoms with van der Waals surface area (Å²) in [5.41, 5.74) is 2.44. The number of Topliss-reactive ketones (excluding diaryl/α,β-unsaturated/α-hetero) is 1. The predicted octanol–water partition coefficient (Wildman–Crippen LogP) is 2.59. The minimum atomic E-state index is -0.0405. The standard InChI is InChI=1S/C16H19NO2/c1-10(11-4-5-11)15(18)13-7-6-12-3-2-8-17-16(19)14(12)9-13/h6-7,9-11H,2-5,8H2,1H3,(H,17,19). The number of benzene rings is 1. The number of aryl methyl sites for hydroxylation is 1. The van der Waals surface area contributed by atoms with E-state index in [0.29, 0.717) is 17.0 Å². The third kappa shape index (κ3) is 2.42. The molecule has 1 amide bonds. The molecule has 1 aromatic rings. The Kier molecular flexibility index (Phi) is 3.13. The smallest absolute Gasteiger partial charge is 0.251 e. The fourth-order valence-electron chi connectivity index (χ4n) is 2.81. The van der Waals surface area contributed by atoms with E-state index in [9.17, 15) is 9.59 Å². The molecule has 0 radical (unpaired) electrons. The topological polar surface area (TPSA) is 46.2 Å². The van der Waals surface area contributed by atoms with Gasteiger partial charge in [0, 0.05) is 23.6 Å². The molecule has 0 aromatic heterocycles. The molecule has 100 valence electrons. The van der Waals surface area contributed by atoms with Crippen LogP contribution in [-0.2, 0) is 6.42 Å². The molecule has 1 unspecified atom stereocenters. The number of rotatable bonds is 3. The molecule has 1 atom stereocenters. The van der Waals surface area contributed by atoms with Gasteiger partial charge in [0.25, 0.3) is 5.91 Å². The fourth-order valence-corrected chi connectivity index (χ4v) is 2.81. The minimum Gasteiger partial charge on any atom is -0.352 e. The van der Waals surface area contributed by atoms with E-state index in [1.165, 1.54) is 12.8 Å². The molecular formula is C16H19NO2. The first-order chi connectivity index (χ1) is 9.16. The molecule has 3 nitrogen and oxygen atoms in total. The Morgan fingerprint density at radius 1 is 1.37 bits per heavy atom. The third-order valence-corrected chi connectivity index (χ3v) is 4.29. The molecule has 3 heteroatoms. The summed E-state index contributed by atoms with van der Waals surface area (Å²) in [5, 5.41) is 2.88. The number of ketones is 1. The maximum atomic E-state index is 12.4. The average Bonchev–Trinajstić information content (AvgIpc) is 3.25. The van der Waals surface area contributed by atoms with Gasteiger partial charge < -0.3 is 5.32 Å². The zero-order valence-electron chi connectivity index (χ0n) is 11.2. The highest BCUT2D eigenvalue weighted by Gasteiger charge is 2.33. The quantitative estimate of drug-likeness (QED) is 0.846. The second kappa shape index (κ2) is 4.80. The molecule has 1 heterocycles. The summed E-state index contributed by atoms with van der Waals surface area (Å²) in [5.74, 6) is 0.788. The summed E-state index contributed by atoms with van der Waals surface area (Å²) >= 11 is 0. The van der Waals surface area contributed by atoms with Gasteiger partial charge in [0.1, 0.15) is 0 Å². The van der Waals surface area contributed by atoms with Gasteiger partial charge in [0.05, 0.1) is 0 Å². The van der Waals surface area contributed by atoms with Crippen molar-refractivity contribution in [2.75, 3.05) is 6.54 Å². The molecule has 1 aliphatic heterocycles. The van der Waals surface area contributed by atoms with E-state index in [0.717, 1.165) is 24.9 Å². The molecular weight excluding hydrogens is 238 g/mol. The van der Waals surface area contributed by atoms with Crippen molar-refractivity contribution in [2.45, 2.75) is 32.6 Å². The summed E-state index contributed by atoms with van der Waals surface area (Å²) in [4.78, 5) is 24.3. The Hall–Kier alpha value is -1.64. The lowest BCUT2D eigenvalue weighted by Crippen LogP contribution is -2.23. The van der Waals surface area contributed by atoms with Crippen molar-refractivity contribution in [3.05, 3.63) is 34.9 Å². The molecule has 1 N–H and O–H groups in total. The number of carbonyl (C=O) groups is 2. The van der Waals surface area contributed by atoms with E-state index in [1.807, 2.05) is 19.1 Å². The van der Waals surface area contributed by atoms with Gasteiger partial charge in [-0.25, -0.2) is 0 Å². The number of nitrogens with one attached hydrogen (secondary N) is 1. The molecule has 3 rings (SSSR count). The Morgan fingerprint density at radius 3 is 2.89 bits per heavy atom. The molecule has 1 aromatic carbocycles. The minimum absolute atomic E-state index is 0.0405.